The zero-order chi connectivity index (χ0) is 15.8. The lowest BCUT2D eigenvalue weighted by atomic mass is 9.83. The van der Waals surface area contributed by atoms with Crippen LogP contribution in [0.1, 0.15) is 58.2 Å². The maximum atomic E-state index is 2.33. The minimum Gasteiger partial charge on any atom is -0.0579 e. The third-order valence-corrected chi connectivity index (χ3v) is 4.15. The highest BCUT2D eigenvalue weighted by atomic mass is 14.2. The third-order valence-electron chi connectivity index (χ3n) is 4.15. The first-order valence-electron chi connectivity index (χ1n) is 7.81. The molecule has 21 heavy (non-hydrogen) atoms. The molecule has 0 spiro atoms. The molecule has 0 saturated heterocycles. The second-order valence-corrected chi connectivity index (χ2v) is 8.11. The highest BCUT2D eigenvalue weighted by Gasteiger charge is 2.16. The monoisotopic (exact) mass is 280 g/mol. The van der Waals surface area contributed by atoms with E-state index in [4.69, 9.17) is 0 Å². The van der Waals surface area contributed by atoms with Gasteiger partial charge in [0.05, 0.1) is 0 Å². The van der Waals surface area contributed by atoms with Crippen LogP contribution in [0.3, 0.4) is 0 Å². The van der Waals surface area contributed by atoms with Crippen LogP contribution in [0.2, 0.25) is 0 Å². The van der Waals surface area contributed by atoms with E-state index < -0.39 is 0 Å². The Kier molecular flexibility index (Phi) is 4.02. The van der Waals surface area contributed by atoms with E-state index in [1.807, 2.05) is 0 Å². The lowest BCUT2D eigenvalue weighted by molar-refractivity contribution is 0.589. The minimum atomic E-state index is 0.208. The van der Waals surface area contributed by atoms with Crippen LogP contribution in [0.15, 0.2) is 42.5 Å². The first kappa shape index (κ1) is 15.8. The Morgan fingerprint density at radius 3 is 1.52 bits per heavy atom. The normalized spacial score (nSPS) is 12.5. The fourth-order valence-corrected chi connectivity index (χ4v) is 2.60. The summed E-state index contributed by atoms with van der Waals surface area (Å²) >= 11 is 0. The summed E-state index contributed by atoms with van der Waals surface area (Å²) in [6, 6.07) is 15.9. The van der Waals surface area contributed by atoms with Crippen molar-refractivity contribution in [2.75, 3.05) is 0 Å². The first-order valence-corrected chi connectivity index (χ1v) is 7.81. The van der Waals surface area contributed by atoms with Gasteiger partial charge in [0, 0.05) is 0 Å². The molecule has 0 nitrogen and oxygen atoms in total. The topological polar surface area (TPSA) is 0 Å². The van der Waals surface area contributed by atoms with Crippen molar-refractivity contribution in [2.45, 2.75) is 59.3 Å². The van der Waals surface area contributed by atoms with Crippen LogP contribution < -0.4 is 0 Å². The molecule has 0 bridgehead atoms. The van der Waals surface area contributed by atoms with E-state index >= 15 is 0 Å². The van der Waals surface area contributed by atoms with Crippen LogP contribution in [0.4, 0.5) is 0 Å². The molecule has 0 aromatic heterocycles. The van der Waals surface area contributed by atoms with E-state index in [1.165, 1.54) is 27.8 Å². The molecule has 0 heterocycles. The molecular formula is C21H28. The highest BCUT2D eigenvalue weighted by molar-refractivity contribution is 5.68. The molecule has 2 rings (SSSR count). The van der Waals surface area contributed by atoms with Crippen LogP contribution >= 0.6 is 0 Å². The van der Waals surface area contributed by atoms with Crippen molar-refractivity contribution < 1.29 is 0 Å². The van der Waals surface area contributed by atoms with E-state index in [9.17, 15) is 0 Å². The highest BCUT2D eigenvalue weighted by Crippen LogP contribution is 2.31. The molecule has 0 aliphatic carbocycles. The van der Waals surface area contributed by atoms with Crippen LogP contribution in [-0.2, 0) is 10.8 Å². The third kappa shape index (κ3) is 3.56. The summed E-state index contributed by atoms with van der Waals surface area (Å²) in [7, 11) is 0. The van der Waals surface area contributed by atoms with E-state index in [-0.39, 0.29) is 10.8 Å². The van der Waals surface area contributed by atoms with E-state index in [0.717, 1.165) is 0 Å². The van der Waals surface area contributed by atoms with Gasteiger partial charge in [0.25, 0.3) is 0 Å². The van der Waals surface area contributed by atoms with Gasteiger partial charge >= 0.3 is 0 Å². The van der Waals surface area contributed by atoms with Crippen LogP contribution in [-0.4, -0.2) is 0 Å². The Morgan fingerprint density at radius 1 is 0.619 bits per heavy atom. The quantitative estimate of drug-likeness (QED) is 0.578. The average Bonchev–Trinajstić information content (AvgIpc) is 2.36. The number of aryl methyl sites for hydroxylation is 1. The molecule has 2 aromatic rings. The van der Waals surface area contributed by atoms with Gasteiger partial charge in [0.15, 0.2) is 0 Å². The van der Waals surface area contributed by atoms with E-state index in [0.29, 0.717) is 0 Å². The predicted octanol–water partition coefficient (Wildman–Crippen LogP) is 6.26. The van der Waals surface area contributed by atoms with Gasteiger partial charge in [-0.1, -0.05) is 84.0 Å². The van der Waals surface area contributed by atoms with Crippen molar-refractivity contribution in [2.24, 2.45) is 0 Å². The summed E-state index contributed by atoms with van der Waals surface area (Å²) in [5.41, 5.74) is 7.20. The van der Waals surface area contributed by atoms with Crippen molar-refractivity contribution in [1.82, 2.24) is 0 Å². The molecule has 112 valence electrons. The molecule has 0 saturated carbocycles. The molecule has 0 fully saturated rings. The maximum Gasteiger partial charge on any atom is -0.0132 e. The van der Waals surface area contributed by atoms with Gasteiger partial charge in [-0.25, -0.2) is 0 Å². The first-order chi connectivity index (χ1) is 9.59. The fraction of sp³-hybridized carbons (Fsp3) is 0.429. The molecule has 0 N–H and O–H groups in total. The van der Waals surface area contributed by atoms with Gasteiger partial charge in [-0.2, -0.15) is 0 Å². The van der Waals surface area contributed by atoms with Crippen molar-refractivity contribution in [1.29, 1.82) is 0 Å². The molecule has 0 unspecified atom stereocenters. The molecular weight excluding hydrogens is 252 g/mol. The zero-order valence-electron chi connectivity index (χ0n) is 14.5. The molecule has 0 aliphatic rings. The minimum absolute atomic E-state index is 0.208. The van der Waals surface area contributed by atoms with E-state index in [1.54, 1.807) is 0 Å². The summed E-state index contributed by atoms with van der Waals surface area (Å²) in [4.78, 5) is 0. The summed E-state index contributed by atoms with van der Waals surface area (Å²) < 4.78 is 0. The fourth-order valence-electron chi connectivity index (χ4n) is 2.60. The Balaban J connectivity index is 2.39. The Hall–Kier alpha value is -1.56. The standard InChI is InChI=1S/C21H28/c1-15-14-18(21(5,6)7)12-13-19(15)16-8-10-17(11-9-16)20(2,3)4/h8-14H,1-7H3. The van der Waals surface area contributed by atoms with Gasteiger partial charge in [0.1, 0.15) is 0 Å². The molecule has 0 radical (unpaired) electrons. The Labute approximate surface area is 130 Å². The van der Waals surface area contributed by atoms with Gasteiger partial charge in [-0.05, 0) is 45.6 Å². The van der Waals surface area contributed by atoms with Crippen LogP contribution in [0.25, 0.3) is 11.1 Å². The average molecular weight is 280 g/mol. The van der Waals surface area contributed by atoms with Gasteiger partial charge in [0.2, 0.25) is 0 Å². The van der Waals surface area contributed by atoms with E-state index in [2.05, 4.69) is 90.9 Å². The number of hydrogen-bond donors (Lipinski definition) is 0. The second kappa shape index (κ2) is 5.33. The summed E-state index contributed by atoms with van der Waals surface area (Å²) in [6.45, 7) is 15.8. The number of hydrogen-bond acceptors (Lipinski definition) is 0. The molecule has 0 amide bonds. The van der Waals surface area contributed by atoms with Gasteiger partial charge in [-0.15, -0.1) is 0 Å². The lowest BCUT2D eigenvalue weighted by Gasteiger charge is -2.21. The SMILES string of the molecule is Cc1cc(C(C)(C)C)ccc1-c1ccc(C(C)(C)C)cc1. The number of benzene rings is 2. The number of rotatable bonds is 1. The summed E-state index contributed by atoms with van der Waals surface area (Å²) in [6.07, 6.45) is 0. The smallest absolute Gasteiger partial charge is 0.0132 e. The predicted molar refractivity (Wildman–Crippen MR) is 94.0 cm³/mol. The van der Waals surface area contributed by atoms with Crippen molar-refractivity contribution >= 4 is 0 Å². The molecule has 2 aromatic carbocycles. The Bertz CT molecular complexity index is 617. The van der Waals surface area contributed by atoms with Crippen LogP contribution in [0, 0.1) is 6.92 Å². The van der Waals surface area contributed by atoms with Crippen LogP contribution in [0.5, 0.6) is 0 Å². The van der Waals surface area contributed by atoms with Crippen molar-refractivity contribution in [3.8, 4) is 11.1 Å². The Morgan fingerprint density at radius 2 is 1.10 bits per heavy atom. The molecule has 0 heteroatoms. The van der Waals surface area contributed by atoms with Crippen molar-refractivity contribution in [3.63, 3.8) is 0 Å². The summed E-state index contributed by atoms with van der Waals surface area (Å²) in [5, 5.41) is 0. The largest absolute Gasteiger partial charge is 0.0579 e. The lowest BCUT2D eigenvalue weighted by Crippen LogP contribution is -2.11. The van der Waals surface area contributed by atoms with Gasteiger partial charge in [-0.3, -0.25) is 0 Å². The second-order valence-electron chi connectivity index (χ2n) is 8.11. The van der Waals surface area contributed by atoms with Gasteiger partial charge < -0.3 is 0 Å². The zero-order valence-corrected chi connectivity index (χ0v) is 14.5. The molecule has 0 atom stereocenters. The maximum absolute atomic E-state index is 2.33. The molecule has 0 aliphatic heterocycles. The van der Waals surface area contributed by atoms with Crippen molar-refractivity contribution in [3.05, 3.63) is 59.2 Å². The summed E-state index contributed by atoms with van der Waals surface area (Å²) in [5.74, 6) is 0.